The van der Waals surface area contributed by atoms with E-state index >= 15 is 0 Å². The lowest BCUT2D eigenvalue weighted by Gasteiger charge is -2.15. The molecule has 0 spiro atoms. The predicted molar refractivity (Wildman–Crippen MR) is 80.6 cm³/mol. The van der Waals surface area contributed by atoms with Crippen molar-refractivity contribution in [1.29, 1.82) is 0 Å². The summed E-state index contributed by atoms with van der Waals surface area (Å²) in [5, 5.41) is 15.6. The molecule has 6 heteroatoms. The molecule has 0 aliphatic rings. The van der Waals surface area contributed by atoms with Crippen molar-refractivity contribution in [2.24, 2.45) is 0 Å². The van der Waals surface area contributed by atoms with Crippen molar-refractivity contribution < 1.29 is 14.7 Å². The number of hydrogen-bond acceptors (Lipinski definition) is 5. The maximum atomic E-state index is 12.2. The first-order chi connectivity index (χ1) is 9.61. The van der Waals surface area contributed by atoms with Gasteiger partial charge in [0.15, 0.2) is 5.78 Å². The van der Waals surface area contributed by atoms with Crippen molar-refractivity contribution in [2.45, 2.75) is 19.4 Å². The van der Waals surface area contributed by atoms with E-state index in [-0.39, 0.29) is 24.3 Å². The number of ketones is 1. The van der Waals surface area contributed by atoms with Gasteiger partial charge in [-0.1, -0.05) is 6.07 Å². The third-order valence-electron chi connectivity index (χ3n) is 2.84. The summed E-state index contributed by atoms with van der Waals surface area (Å²) < 4.78 is 0. The van der Waals surface area contributed by atoms with Crippen LogP contribution in [-0.4, -0.2) is 23.4 Å². The summed E-state index contributed by atoms with van der Waals surface area (Å²) in [5.74, 6) is -0.264. The lowest BCUT2D eigenvalue weighted by Crippen LogP contribution is -2.28. The molecule has 0 aliphatic carbocycles. The summed E-state index contributed by atoms with van der Waals surface area (Å²) in [6.45, 7) is 1.48. The van der Waals surface area contributed by atoms with Crippen LogP contribution < -0.4 is 5.32 Å². The molecule has 0 aromatic carbocycles. The number of aliphatic hydroxyl groups is 1. The standard InChI is InChI=1S/C14H15NO3S2/c1-9(17)10-7-13(20-8-10)14(18)15-11(4-5-16)12-3-2-6-19-12/h2-3,6-8,11,16H,4-5H2,1H3,(H,15,18)/t11-/m1/s1. The second-order valence-corrected chi connectivity index (χ2v) is 6.20. The zero-order valence-electron chi connectivity index (χ0n) is 11.0. The average molecular weight is 309 g/mol. The van der Waals surface area contributed by atoms with Crippen molar-refractivity contribution in [3.63, 3.8) is 0 Å². The summed E-state index contributed by atoms with van der Waals surface area (Å²) in [6, 6.07) is 5.25. The minimum Gasteiger partial charge on any atom is -0.396 e. The van der Waals surface area contributed by atoms with Gasteiger partial charge in [-0.25, -0.2) is 0 Å². The van der Waals surface area contributed by atoms with Crippen molar-refractivity contribution in [2.75, 3.05) is 6.61 Å². The lowest BCUT2D eigenvalue weighted by atomic mass is 10.1. The molecule has 0 aliphatic heterocycles. The molecule has 1 atom stereocenters. The summed E-state index contributed by atoms with van der Waals surface area (Å²) in [6.07, 6.45) is 0.469. The van der Waals surface area contributed by atoms with Crippen LogP contribution >= 0.6 is 22.7 Å². The van der Waals surface area contributed by atoms with Crippen molar-refractivity contribution >= 4 is 34.4 Å². The highest BCUT2D eigenvalue weighted by Gasteiger charge is 2.18. The van der Waals surface area contributed by atoms with Crippen LogP contribution in [0.1, 0.15) is 44.3 Å². The number of nitrogens with one attached hydrogen (secondary N) is 1. The molecule has 2 rings (SSSR count). The third-order valence-corrected chi connectivity index (χ3v) is 4.75. The van der Waals surface area contributed by atoms with Gasteiger partial charge in [0.05, 0.1) is 10.9 Å². The zero-order valence-corrected chi connectivity index (χ0v) is 12.6. The Kier molecular flexibility index (Phi) is 5.05. The summed E-state index contributed by atoms with van der Waals surface area (Å²) in [4.78, 5) is 24.9. The molecule has 2 heterocycles. The van der Waals surface area contributed by atoms with E-state index < -0.39 is 0 Å². The minimum atomic E-state index is -0.214. The largest absolute Gasteiger partial charge is 0.396 e. The highest BCUT2D eigenvalue weighted by molar-refractivity contribution is 7.12. The number of carbonyl (C=O) groups is 2. The van der Waals surface area contributed by atoms with Gasteiger partial charge >= 0.3 is 0 Å². The van der Waals surface area contributed by atoms with Crippen molar-refractivity contribution in [1.82, 2.24) is 5.32 Å². The molecule has 2 aromatic rings. The first-order valence-electron chi connectivity index (χ1n) is 6.16. The van der Waals surface area contributed by atoms with E-state index in [0.717, 1.165) is 4.88 Å². The number of thiophene rings is 2. The fourth-order valence-corrected chi connectivity index (χ4v) is 3.43. The van der Waals surface area contributed by atoms with Crippen molar-refractivity contribution in [3.8, 4) is 0 Å². The molecular formula is C14H15NO3S2. The van der Waals surface area contributed by atoms with E-state index in [1.54, 1.807) is 22.8 Å². The zero-order chi connectivity index (χ0) is 14.5. The molecule has 0 saturated carbocycles. The van der Waals surface area contributed by atoms with E-state index in [0.29, 0.717) is 16.9 Å². The number of amides is 1. The molecule has 1 amide bonds. The van der Waals surface area contributed by atoms with Crippen LogP contribution in [0.15, 0.2) is 29.0 Å². The van der Waals surface area contributed by atoms with E-state index in [1.807, 2.05) is 17.5 Å². The Balaban J connectivity index is 2.09. The molecule has 0 fully saturated rings. The Labute approximate surface area is 125 Å². The Morgan fingerprint density at radius 2 is 2.20 bits per heavy atom. The van der Waals surface area contributed by atoms with Crippen LogP contribution in [0.5, 0.6) is 0 Å². The van der Waals surface area contributed by atoms with E-state index in [2.05, 4.69) is 5.32 Å². The second-order valence-electron chi connectivity index (χ2n) is 4.31. The number of hydrogen-bond donors (Lipinski definition) is 2. The average Bonchev–Trinajstić information content (AvgIpc) is 3.09. The number of carbonyl (C=O) groups excluding carboxylic acids is 2. The maximum absolute atomic E-state index is 12.2. The van der Waals surface area contributed by atoms with Gasteiger partial charge in [-0.3, -0.25) is 9.59 Å². The first-order valence-corrected chi connectivity index (χ1v) is 7.92. The van der Waals surface area contributed by atoms with Crippen molar-refractivity contribution in [3.05, 3.63) is 44.3 Å². The molecule has 0 saturated heterocycles. The van der Waals surface area contributed by atoms with Gasteiger partial charge in [-0.05, 0) is 30.9 Å². The molecule has 0 bridgehead atoms. The fourth-order valence-electron chi connectivity index (χ4n) is 1.77. The highest BCUT2D eigenvalue weighted by Crippen LogP contribution is 2.23. The Hall–Kier alpha value is -1.50. The fraction of sp³-hybridized carbons (Fsp3) is 0.286. The van der Waals surface area contributed by atoms with Gasteiger partial charge in [0.2, 0.25) is 0 Å². The highest BCUT2D eigenvalue weighted by atomic mass is 32.1. The van der Waals surface area contributed by atoms with E-state index in [4.69, 9.17) is 5.11 Å². The lowest BCUT2D eigenvalue weighted by molar-refractivity contribution is 0.0935. The van der Waals surface area contributed by atoms with E-state index in [1.165, 1.54) is 18.3 Å². The second kappa shape index (κ2) is 6.78. The first kappa shape index (κ1) is 14.9. The smallest absolute Gasteiger partial charge is 0.261 e. The van der Waals surface area contributed by atoms with Crippen LogP contribution in [0.25, 0.3) is 0 Å². The van der Waals surface area contributed by atoms with E-state index in [9.17, 15) is 9.59 Å². The van der Waals surface area contributed by atoms with Gasteiger partial charge in [0.25, 0.3) is 5.91 Å². The maximum Gasteiger partial charge on any atom is 0.261 e. The van der Waals surface area contributed by atoms with Gasteiger partial charge in [0, 0.05) is 22.4 Å². The monoisotopic (exact) mass is 309 g/mol. The van der Waals surface area contributed by atoms with Gasteiger partial charge in [0.1, 0.15) is 0 Å². The molecule has 0 radical (unpaired) electrons. The quantitative estimate of drug-likeness (QED) is 0.806. The number of Topliss-reactive ketones (excluding diaryl/α,β-unsaturated/α-hetero) is 1. The predicted octanol–water partition coefficient (Wildman–Crippen LogP) is 2.87. The molecule has 2 N–H and O–H groups in total. The SMILES string of the molecule is CC(=O)c1csc(C(=O)N[C@H](CCO)c2cccs2)c1. The van der Waals surface area contributed by atoms with Crippen LogP contribution in [0.2, 0.25) is 0 Å². The molecule has 106 valence electrons. The van der Waals surface area contributed by atoms with Gasteiger partial charge in [-0.2, -0.15) is 0 Å². The van der Waals surface area contributed by atoms with Crippen LogP contribution in [0, 0.1) is 0 Å². The molecule has 2 aromatic heterocycles. The van der Waals surface area contributed by atoms with Gasteiger partial charge in [-0.15, -0.1) is 22.7 Å². The summed E-state index contributed by atoms with van der Waals surface area (Å²) in [5.41, 5.74) is 0.551. The van der Waals surface area contributed by atoms with Crippen LogP contribution in [0.4, 0.5) is 0 Å². The molecular weight excluding hydrogens is 294 g/mol. The molecule has 20 heavy (non-hydrogen) atoms. The minimum absolute atomic E-state index is 0.00594. The summed E-state index contributed by atoms with van der Waals surface area (Å²) in [7, 11) is 0. The van der Waals surface area contributed by atoms with Crippen LogP contribution in [-0.2, 0) is 0 Å². The normalized spacial score (nSPS) is 12.1. The number of rotatable bonds is 6. The number of aliphatic hydroxyl groups excluding tert-OH is 1. The third kappa shape index (κ3) is 3.53. The Bertz CT molecular complexity index is 589. The Morgan fingerprint density at radius 3 is 2.75 bits per heavy atom. The molecule has 4 nitrogen and oxygen atoms in total. The van der Waals surface area contributed by atoms with Crippen LogP contribution in [0.3, 0.4) is 0 Å². The molecule has 0 unspecified atom stereocenters. The topological polar surface area (TPSA) is 66.4 Å². The van der Waals surface area contributed by atoms with Gasteiger partial charge < -0.3 is 10.4 Å². The summed E-state index contributed by atoms with van der Waals surface area (Å²) >= 11 is 2.79. The Morgan fingerprint density at radius 1 is 1.40 bits per heavy atom.